The van der Waals surface area contributed by atoms with Crippen molar-refractivity contribution in [1.29, 1.82) is 0 Å². The summed E-state index contributed by atoms with van der Waals surface area (Å²) < 4.78 is 1.72. The maximum absolute atomic E-state index is 14.0. The summed E-state index contributed by atoms with van der Waals surface area (Å²) in [7, 11) is 0. The quantitative estimate of drug-likeness (QED) is 0.259. The lowest BCUT2D eigenvalue weighted by Crippen LogP contribution is -2.24. The predicted octanol–water partition coefficient (Wildman–Crippen LogP) is 6.23. The van der Waals surface area contributed by atoms with Gasteiger partial charge in [0.2, 0.25) is 5.91 Å². The van der Waals surface area contributed by atoms with E-state index in [4.69, 9.17) is 4.98 Å². The molecule has 0 bridgehead atoms. The minimum Gasteiger partial charge on any atom is -0.325 e. The van der Waals surface area contributed by atoms with Crippen molar-refractivity contribution in [3.8, 4) is 5.69 Å². The van der Waals surface area contributed by atoms with Gasteiger partial charge in [-0.25, -0.2) is 4.98 Å². The van der Waals surface area contributed by atoms with Gasteiger partial charge in [0.25, 0.3) is 5.56 Å². The van der Waals surface area contributed by atoms with Crippen LogP contribution in [0.1, 0.15) is 40.5 Å². The number of carbonyl (C=O) groups is 1. The molecule has 0 radical (unpaired) electrons. The normalized spacial score (nSPS) is 15.3. The third-order valence-corrected chi connectivity index (χ3v) is 8.61. The number of hydrogen-bond acceptors (Lipinski definition) is 5. The van der Waals surface area contributed by atoms with E-state index in [2.05, 4.69) is 18.3 Å². The van der Waals surface area contributed by atoms with Crippen molar-refractivity contribution in [3.05, 3.63) is 79.9 Å². The first-order chi connectivity index (χ1) is 16.8. The molecule has 1 aliphatic carbocycles. The van der Waals surface area contributed by atoms with Crippen LogP contribution < -0.4 is 10.9 Å². The van der Waals surface area contributed by atoms with Gasteiger partial charge >= 0.3 is 0 Å². The van der Waals surface area contributed by atoms with Crippen molar-refractivity contribution < 1.29 is 4.79 Å². The highest BCUT2D eigenvalue weighted by atomic mass is 32.2. The highest BCUT2D eigenvalue weighted by molar-refractivity contribution is 7.99. The zero-order chi connectivity index (χ0) is 24.7. The summed E-state index contributed by atoms with van der Waals surface area (Å²) in [6.07, 6.45) is 3.02. The lowest BCUT2D eigenvalue weighted by Gasteiger charge is -2.18. The van der Waals surface area contributed by atoms with Gasteiger partial charge in [0.05, 0.1) is 16.8 Å². The molecule has 4 aromatic rings. The first-order valence-corrected chi connectivity index (χ1v) is 13.7. The number of carbonyl (C=O) groups excluding carboxylic acids is 1. The minimum absolute atomic E-state index is 0.0319. The number of hydrogen-bond donors (Lipinski definition) is 1. The van der Waals surface area contributed by atoms with Crippen molar-refractivity contribution in [2.45, 2.75) is 52.1 Å². The Labute approximate surface area is 213 Å². The maximum Gasteiger partial charge on any atom is 0.267 e. The van der Waals surface area contributed by atoms with Crippen LogP contribution in [-0.2, 0) is 17.6 Å². The third kappa shape index (κ3) is 4.80. The molecule has 0 aliphatic heterocycles. The molecule has 0 saturated heterocycles. The van der Waals surface area contributed by atoms with Crippen molar-refractivity contribution in [2.24, 2.45) is 5.92 Å². The Hall–Kier alpha value is -2.90. The van der Waals surface area contributed by atoms with Gasteiger partial charge in [-0.2, -0.15) is 0 Å². The van der Waals surface area contributed by atoms with Crippen LogP contribution >= 0.6 is 23.1 Å². The molecule has 2 heterocycles. The zero-order valence-electron chi connectivity index (χ0n) is 20.5. The number of aryl methyl sites for hydroxylation is 4. The Morgan fingerprint density at radius 2 is 1.97 bits per heavy atom. The largest absolute Gasteiger partial charge is 0.325 e. The molecule has 0 spiro atoms. The van der Waals surface area contributed by atoms with E-state index in [1.165, 1.54) is 22.2 Å². The first-order valence-electron chi connectivity index (χ1n) is 11.9. The zero-order valence-corrected chi connectivity index (χ0v) is 22.1. The van der Waals surface area contributed by atoms with Crippen LogP contribution in [0.5, 0.6) is 0 Å². The third-order valence-electron chi connectivity index (χ3n) is 6.53. The molecule has 1 atom stereocenters. The fourth-order valence-electron chi connectivity index (χ4n) is 4.79. The summed E-state index contributed by atoms with van der Waals surface area (Å²) in [4.78, 5) is 33.8. The van der Waals surface area contributed by atoms with E-state index in [0.717, 1.165) is 57.5 Å². The topological polar surface area (TPSA) is 64.0 Å². The summed E-state index contributed by atoms with van der Waals surface area (Å²) in [5.74, 6) is 0.663. The second kappa shape index (κ2) is 9.63. The van der Waals surface area contributed by atoms with Crippen LogP contribution in [0.25, 0.3) is 15.9 Å². The molecule has 1 N–H and O–H groups in total. The number of aromatic nitrogens is 2. The van der Waals surface area contributed by atoms with Crippen LogP contribution in [0.3, 0.4) is 0 Å². The van der Waals surface area contributed by atoms with E-state index in [0.29, 0.717) is 11.1 Å². The summed E-state index contributed by atoms with van der Waals surface area (Å²) in [5.41, 5.74) is 5.97. The average molecular weight is 504 g/mol. The highest BCUT2D eigenvalue weighted by Gasteiger charge is 2.25. The smallest absolute Gasteiger partial charge is 0.267 e. The van der Waals surface area contributed by atoms with E-state index in [1.54, 1.807) is 15.9 Å². The van der Waals surface area contributed by atoms with Gasteiger partial charge in [-0.1, -0.05) is 48.5 Å². The molecule has 2 aromatic carbocycles. The summed E-state index contributed by atoms with van der Waals surface area (Å²) in [5, 5.41) is 4.27. The molecule has 35 heavy (non-hydrogen) atoms. The van der Waals surface area contributed by atoms with Gasteiger partial charge in [-0.15, -0.1) is 11.3 Å². The fraction of sp³-hybridized carbons (Fsp3) is 0.321. The maximum atomic E-state index is 14.0. The summed E-state index contributed by atoms with van der Waals surface area (Å²) in [6, 6.07) is 13.8. The molecule has 1 aliphatic rings. The molecular weight excluding hydrogens is 474 g/mol. The SMILES string of the molecule is Cc1cccc(NC(=O)CSc2nc3sc4c(c3c(=O)n2-c2ccc(C)cc2C)CCC(C)C4)c1. The van der Waals surface area contributed by atoms with Crippen LogP contribution in [-0.4, -0.2) is 21.2 Å². The Bertz CT molecular complexity index is 1500. The van der Waals surface area contributed by atoms with Gasteiger partial charge in [0.15, 0.2) is 5.16 Å². The van der Waals surface area contributed by atoms with Gasteiger partial charge < -0.3 is 5.32 Å². The predicted molar refractivity (Wildman–Crippen MR) is 146 cm³/mol. The molecular formula is C28H29N3O2S2. The second-order valence-electron chi connectivity index (χ2n) is 9.56. The molecule has 5 nitrogen and oxygen atoms in total. The average Bonchev–Trinajstić information content (AvgIpc) is 3.16. The van der Waals surface area contributed by atoms with E-state index in [-0.39, 0.29) is 17.2 Å². The van der Waals surface area contributed by atoms with Gasteiger partial charge in [-0.05, 0) is 80.8 Å². The minimum atomic E-state index is -0.124. The molecule has 5 rings (SSSR count). The number of amides is 1. The lowest BCUT2D eigenvalue weighted by atomic mass is 9.89. The Balaban J connectivity index is 1.56. The summed E-state index contributed by atoms with van der Waals surface area (Å²) >= 11 is 2.95. The number of rotatable bonds is 5. The number of benzene rings is 2. The molecule has 1 amide bonds. The molecule has 7 heteroatoms. The van der Waals surface area contributed by atoms with Crippen molar-refractivity contribution in [1.82, 2.24) is 9.55 Å². The van der Waals surface area contributed by atoms with Crippen molar-refractivity contribution in [2.75, 3.05) is 11.1 Å². The number of fused-ring (bicyclic) bond motifs is 3. The number of thiophene rings is 1. The highest BCUT2D eigenvalue weighted by Crippen LogP contribution is 2.37. The van der Waals surface area contributed by atoms with Crippen molar-refractivity contribution in [3.63, 3.8) is 0 Å². The molecule has 0 fully saturated rings. The van der Waals surface area contributed by atoms with Crippen molar-refractivity contribution >= 4 is 44.9 Å². The number of nitrogens with one attached hydrogen (secondary N) is 1. The fourth-order valence-corrected chi connectivity index (χ4v) is 7.02. The van der Waals surface area contributed by atoms with Crippen LogP contribution in [0, 0.1) is 26.7 Å². The second-order valence-corrected chi connectivity index (χ2v) is 11.6. The van der Waals surface area contributed by atoms with E-state index < -0.39 is 0 Å². The number of nitrogens with zero attached hydrogens (tertiary/aromatic N) is 2. The monoisotopic (exact) mass is 503 g/mol. The molecule has 1 unspecified atom stereocenters. The standard InChI is InChI=1S/C28H29N3O2S2/c1-16-6-5-7-20(13-16)29-24(32)15-34-28-30-26-25(21-10-8-18(3)14-23(21)35-26)27(33)31(28)22-11-9-17(2)12-19(22)4/h5-7,9,11-13,18H,8,10,14-15H2,1-4H3,(H,29,32). The van der Waals surface area contributed by atoms with E-state index >= 15 is 0 Å². The van der Waals surface area contributed by atoms with Gasteiger partial charge in [0, 0.05) is 10.6 Å². The Morgan fingerprint density at radius 1 is 1.17 bits per heavy atom. The molecule has 180 valence electrons. The Kier molecular flexibility index (Phi) is 6.55. The van der Waals surface area contributed by atoms with E-state index in [9.17, 15) is 9.59 Å². The Morgan fingerprint density at radius 3 is 2.74 bits per heavy atom. The van der Waals surface area contributed by atoms with E-state index in [1.807, 2.05) is 57.2 Å². The van der Waals surface area contributed by atoms with Gasteiger partial charge in [-0.3, -0.25) is 14.2 Å². The number of anilines is 1. The van der Waals surface area contributed by atoms with Crippen LogP contribution in [0.4, 0.5) is 5.69 Å². The first kappa shape index (κ1) is 23.8. The molecule has 2 aromatic heterocycles. The lowest BCUT2D eigenvalue weighted by molar-refractivity contribution is -0.113. The summed E-state index contributed by atoms with van der Waals surface area (Å²) in [6.45, 7) is 8.32. The van der Waals surface area contributed by atoms with Crippen LogP contribution in [0.15, 0.2) is 52.4 Å². The molecule has 0 saturated carbocycles. The number of thioether (sulfide) groups is 1. The van der Waals surface area contributed by atoms with Gasteiger partial charge in [0.1, 0.15) is 4.83 Å². The van der Waals surface area contributed by atoms with Crippen LogP contribution in [0.2, 0.25) is 0 Å².